The van der Waals surface area contributed by atoms with Gasteiger partial charge in [0.1, 0.15) is 0 Å². The molecule has 2 heterocycles. The minimum Gasteiger partial charge on any atom is -0.397 e. The summed E-state index contributed by atoms with van der Waals surface area (Å²) in [7, 11) is 0. The first-order valence-electron chi connectivity index (χ1n) is 6.93. The smallest absolute Gasteiger partial charge is 0.226 e. The number of nitrogen functional groups attached to an aromatic ring is 1. The van der Waals surface area contributed by atoms with Crippen LogP contribution in [-0.2, 0) is 11.2 Å². The number of likely N-dealkylation sites (tertiary alicyclic amines) is 1. The largest absolute Gasteiger partial charge is 0.397 e. The number of carbonyl (C=O) groups excluding carboxylic acids is 1. The van der Waals surface area contributed by atoms with Crippen LogP contribution in [0.2, 0.25) is 0 Å². The minimum atomic E-state index is 0. The molecule has 0 spiro atoms. The molecule has 1 aliphatic rings. The van der Waals surface area contributed by atoms with E-state index in [4.69, 9.17) is 5.73 Å². The zero-order valence-corrected chi connectivity index (χ0v) is 13.7. The van der Waals surface area contributed by atoms with E-state index in [1.165, 1.54) is 19.3 Å². The highest BCUT2D eigenvalue weighted by molar-refractivity contribution is 5.85. The molecule has 21 heavy (non-hydrogen) atoms. The molecular formula is C14H24Cl2N4O. The number of pyridine rings is 1. The number of halogens is 2. The molecule has 2 rings (SSSR count). The Morgan fingerprint density at radius 3 is 2.57 bits per heavy atom. The van der Waals surface area contributed by atoms with E-state index in [2.05, 4.69) is 15.2 Å². The maximum atomic E-state index is 11.7. The topological polar surface area (TPSA) is 71.2 Å². The molecular weight excluding hydrogens is 311 g/mol. The molecule has 0 saturated carbocycles. The lowest BCUT2D eigenvalue weighted by Gasteiger charge is -2.26. The van der Waals surface area contributed by atoms with Crippen LogP contribution in [0.1, 0.15) is 25.0 Å². The van der Waals surface area contributed by atoms with Gasteiger partial charge in [0.05, 0.1) is 18.3 Å². The molecule has 3 N–H and O–H groups in total. The fourth-order valence-corrected chi connectivity index (χ4v) is 2.30. The van der Waals surface area contributed by atoms with E-state index in [-0.39, 0.29) is 30.7 Å². The SMILES string of the molecule is Cl.Cl.Nc1ccc(CC(=O)NCCN2CCCCC2)nc1. The Hall–Kier alpha value is -1.04. The van der Waals surface area contributed by atoms with Crippen molar-refractivity contribution < 1.29 is 4.79 Å². The van der Waals surface area contributed by atoms with E-state index >= 15 is 0 Å². The number of piperidine rings is 1. The van der Waals surface area contributed by atoms with Crippen molar-refractivity contribution in [2.24, 2.45) is 0 Å². The zero-order valence-electron chi connectivity index (χ0n) is 12.1. The van der Waals surface area contributed by atoms with Gasteiger partial charge in [-0.3, -0.25) is 9.78 Å². The summed E-state index contributed by atoms with van der Waals surface area (Å²) in [5.74, 6) is 0.0225. The number of nitrogens with one attached hydrogen (secondary N) is 1. The molecule has 0 aromatic carbocycles. The lowest BCUT2D eigenvalue weighted by atomic mass is 10.1. The maximum Gasteiger partial charge on any atom is 0.226 e. The number of carbonyl (C=O) groups is 1. The summed E-state index contributed by atoms with van der Waals surface area (Å²) in [6.07, 6.45) is 5.80. The van der Waals surface area contributed by atoms with Crippen LogP contribution < -0.4 is 11.1 Å². The Morgan fingerprint density at radius 1 is 1.24 bits per heavy atom. The van der Waals surface area contributed by atoms with Crippen molar-refractivity contribution in [1.29, 1.82) is 0 Å². The van der Waals surface area contributed by atoms with E-state index < -0.39 is 0 Å². The van der Waals surface area contributed by atoms with Crippen molar-refractivity contribution in [2.45, 2.75) is 25.7 Å². The summed E-state index contributed by atoms with van der Waals surface area (Å²) < 4.78 is 0. The summed E-state index contributed by atoms with van der Waals surface area (Å²) in [6, 6.07) is 3.56. The lowest BCUT2D eigenvalue weighted by molar-refractivity contribution is -0.120. The Labute approximate surface area is 138 Å². The summed E-state index contributed by atoms with van der Waals surface area (Å²) in [5.41, 5.74) is 6.93. The van der Waals surface area contributed by atoms with Gasteiger partial charge >= 0.3 is 0 Å². The summed E-state index contributed by atoms with van der Waals surface area (Å²) in [4.78, 5) is 18.3. The maximum absolute atomic E-state index is 11.7. The number of aromatic nitrogens is 1. The van der Waals surface area contributed by atoms with Crippen molar-refractivity contribution in [1.82, 2.24) is 15.2 Å². The second kappa shape index (κ2) is 10.7. The van der Waals surface area contributed by atoms with Crippen molar-refractivity contribution in [3.8, 4) is 0 Å². The van der Waals surface area contributed by atoms with E-state index in [1.807, 2.05) is 0 Å². The summed E-state index contributed by atoms with van der Waals surface area (Å²) in [5, 5.41) is 2.94. The average Bonchev–Trinajstić information content (AvgIpc) is 2.43. The van der Waals surface area contributed by atoms with Crippen LogP contribution in [0.3, 0.4) is 0 Å². The van der Waals surface area contributed by atoms with Crippen LogP contribution in [-0.4, -0.2) is 42.0 Å². The van der Waals surface area contributed by atoms with Gasteiger partial charge in [0.15, 0.2) is 0 Å². The van der Waals surface area contributed by atoms with Gasteiger partial charge in [-0.15, -0.1) is 24.8 Å². The lowest BCUT2D eigenvalue weighted by Crippen LogP contribution is -2.38. The van der Waals surface area contributed by atoms with E-state index in [0.717, 1.165) is 25.3 Å². The van der Waals surface area contributed by atoms with Gasteiger partial charge in [-0.2, -0.15) is 0 Å². The van der Waals surface area contributed by atoms with E-state index in [0.29, 0.717) is 18.7 Å². The van der Waals surface area contributed by atoms with Crippen LogP contribution in [0.5, 0.6) is 0 Å². The first-order valence-corrected chi connectivity index (χ1v) is 6.93. The number of nitrogens with zero attached hydrogens (tertiary/aromatic N) is 2. The molecule has 120 valence electrons. The van der Waals surface area contributed by atoms with Gasteiger partial charge in [-0.1, -0.05) is 6.42 Å². The van der Waals surface area contributed by atoms with Gasteiger partial charge in [0, 0.05) is 18.8 Å². The normalized spacial score (nSPS) is 14.7. The predicted octanol–water partition coefficient (Wildman–Crippen LogP) is 1.65. The summed E-state index contributed by atoms with van der Waals surface area (Å²) >= 11 is 0. The first-order chi connectivity index (χ1) is 9.24. The predicted molar refractivity (Wildman–Crippen MR) is 90.2 cm³/mol. The number of hydrogen-bond donors (Lipinski definition) is 2. The Morgan fingerprint density at radius 2 is 1.95 bits per heavy atom. The van der Waals surface area contributed by atoms with Crippen LogP contribution in [0.4, 0.5) is 5.69 Å². The van der Waals surface area contributed by atoms with Gasteiger partial charge in [-0.05, 0) is 38.1 Å². The average molecular weight is 335 g/mol. The van der Waals surface area contributed by atoms with Crippen molar-refractivity contribution in [3.63, 3.8) is 0 Å². The first kappa shape index (κ1) is 20.0. The standard InChI is InChI=1S/C14H22N4O.2ClH/c15-12-4-5-13(17-11-12)10-14(19)16-6-9-18-7-2-1-3-8-18;;/h4-5,11H,1-3,6-10,15H2,(H,16,19);2*1H. The van der Waals surface area contributed by atoms with E-state index in [1.54, 1.807) is 18.3 Å². The number of nitrogens with two attached hydrogens (primary N) is 1. The van der Waals surface area contributed by atoms with Crippen molar-refractivity contribution in [3.05, 3.63) is 24.0 Å². The number of anilines is 1. The molecule has 1 fully saturated rings. The fraction of sp³-hybridized carbons (Fsp3) is 0.571. The molecule has 1 amide bonds. The molecule has 1 saturated heterocycles. The number of rotatable bonds is 5. The van der Waals surface area contributed by atoms with Crippen LogP contribution in [0.25, 0.3) is 0 Å². The molecule has 0 aliphatic carbocycles. The molecule has 1 aliphatic heterocycles. The molecule has 0 unspecified atom stereocenters. The molecule has 0 radical (unpaired) electrons. The second-order valence-corrected chi connectivity index (χ2v) is 5.01. The Kier molecular flexibility index (Phi) is 10.1. The van der Waals surface area contributed by atoms with Crippen LogP contribution in [0.15, 0.2) is 18.3 Å². The molecule has 5 nitrogen and oxygen atoms in total. The Balaban J connectivity index is 0.00000200. The fourth-order valence-electron chi connectivity index (χ4n) is 2.30. The molecule has 1 aromatic heterocycles. The number of amides is 1. The third-order valence-electron chi connectivity index (χ3n) is 3.39. The zero-order chi connectivity index (χ0) is 13.5. The molecule has 7 heteroatoms. The quantitative estimate of drug-likeness (QED) is 0.858. The number of hydrogen-bond acceptors (Lipinski definition) is 4. The molecule has 0 bridgehead atoms. The monoisotopic (exact) mass is 334 g/mol. The Bertz CT molecular complexity index is 408. The van der Waals surface area contributed by atoms with Gasteiger partial charge in [0.2, 0.25) is 5.91 Å². The highest BCUT2D eigenvalue weighted by Crippen LogP contribution is 2.07. The van der Waals surface area contributed by atoms with Gasteiger partial charge in [0.25, 0.3) is 0 Å². The van der Waals surface area contributed by atoms with Crippen molar-refractivity contribution in [2.75, 3.05) is 31.9 Å². The van der Waals surface area contributed by atoms with Crippen LogP contribution >= 0.6 is 24.8 Å². The second-order valence-electron chi connectivity index (χ2n) is 5.01. The molecule has 1 aromatic rings. The van der Waals surface area contributed by atoms with E-state index in [9.17, 15) is 4.79 Å². The third-order valence-corrected chi connectivity index (χ3v) is 3.39. The highest BCUT2D eigenvalue weighted by Gasteiger charge is 2.10. The van der Waals surface area contributed by atoms with Crippen LogP contribution in [0, 0.1) is 0 Å². The molecule has 0 atom stereocenters. The summed E-state index contributed by atoms with van der Waals surface area (Å²) in [6.45, 7) is 3.99. The highest BCUT2D eigenvalue weighted by atomic mass is 35.5. The van der Waals surface area contributed by atoms with Crippen molar-refractivity contribution >= 4 is 36.4 Å². The minimum absolute atomic E-state index is 0. The van der Waals surface area contributed by atoms with Gasteiger partial charge < -0.3 is 16.0 Å². The van der Waals surface area contributed by atoms with Gasteiger partial charge in [-0.25, -0.2) is 0 Å². The third kappa shape index (κ3) is 7.50.